The van der Waals surface area contributed by atoms with Crippen LogP contribution >= 0.6 is 0 Å². The van der Waals surface area contributed by atoms with Crippen LogP contribution < -0.4 is 15.8 Å². The topological polar surface area (TPSA) is 27.3 Å². The van der Waals surface area contributed by atoms with Gasteiger partial charge >= 0.3 is 0 Å². The maximum absolute atomic E-state index is 3.19. The third-order valence-corrected chi connectivity index (χ3v) is 3.16. The summed E-state index contributed by atoms with van der Waals surface area (Å²) in [5, 5.41) is 0. The Hall–Kier alpha value is -1.06. The van der Waals surface area contributed by atoms with Crippen molar-refractivity contribution in [3.63, 3.8) is 0 Å². The van der Waals surface area contributed by atoms with Gasteiger partial charge in [0.1, 0.15) is 0 Å². The summed E-state index contributed by atoms with van der Waals surface area (Å²) in [4.78, 5) is 2.12. The molecule has 3 nitrogen and oxygen atoms in total. The average molecular weight is 205 g/mol. The highest BCUT2D eigenvalue weighted by Crippen LogP contribution is 2.26. The average Bonchev–Trinajstić information content (AvgIpc) is 2.67. The predicted molar refractivity (Wildman–Crippen MR) is 64.1 cm³/mol. The number of hydrazine groups is 1. The lowest BCUT2D eigenvalue weighted by atomic mass is 9.83. The highest BCUT2D eigenvalue weighted by Gasteiger charge is 2.30. The molecule has 0 amide bonds. The Morgan fingerprint density at radius 3 is 2.07 bits per heavy atom. The van der Waals surface area contributed by atoms with Gasteiger partial charge < -0.3 is 4.90 Å². The molecule has 0 radical (unpaired) electrons. The van der Waals surface area contributed by atoms with Gasteiger partial charge in [0.2, 0.25) is 0 Å². The van der Waals surface area contributed by atoms with Gasteiger partial charge in [0.05, 0.1) is 0 Å². The number of hydrogen-bond acceptors (Lipinski definition) is 3. The van der Waals surface area contributed by atoms with E-state index in [1.807, 2.05) is 0 Å². The summed E-state index contributed by atoms with van der Waals surface area (Å²) < 4.78 is 0. The smallest absolute Gasteiger partial charge is 0.0361 e. The summed E-state index contributed by atoms with van der Waals surface area (Å²) >= 11 is 0. The molecule has 0 bridgehead atoms. The monoisotopic (exact) mass is 205 g/mol. The van der Waals surface area contributed by atoms with Crippen molar-refractivity contribution in [3.8, 4) is 0 Å². The van der Waals surface area contributed by atoms with Crippen molar-refractivity contribution in [3.05, 3.63) is 29.8 Å². The van der Waals surface area contributed by atoms with Crippen LogP contribution in [0.4, 0.5) is 5.69 Å². The van der Waals surface area contributed by atoms with E-state index in [0.29, 0.717) is 0 Å². The van der Waals surface area contributed by atoms with Crippen molar-refractivity contribution < 1.29 is 0 Å². The fraction of sp³-hybridized carbons (Fsp3) is 0.500. The predicted octanol–water partition coefficient (Wildman–Crippen LogP) is 1.12. The van der Waals surface area contributed by atoms with Crippen molar-refractivity contribution in [2.75, 3.05) is 32.1 Å². The molecular weight excluding hydrogens is 186 g/mol. The van der Waals surface area contributed by atoms with Crippen molar-refractivity contribution in [2.24, 2.45) is 0 Å². The van der Waals surface area contributed by atoms with Gasteiger partial charge in [-0.3, -0.25) is 10.9 Å². The van der Waals surface area contributed by atoms with E-state index in [1.165, 1.54) is 11.3 Å². The van der Waals surface area contributed by atoms with Crippen molar-refractivity contribution in [2.45, 2.75) is 12.3 Å². The van der Waals surface area contributed by atoms with E-state index in [0.717, 1.165) is 13.1 Å². The molecule has 15 heavy (non-hydrogen) atoms. The minimum absolute atomic E-state index is 0.227. The second kappa shape index (κ2) is 3.83. The highest BCUT2D eigenvalue weighted by atomic mass is 15.4. The second-order valence-electron chi connectivity index (χ2n) is 4.71. The molecule has 1 aliphatic heterocycles. The summed E-state index contributed by atoms with van der Waals surface area (Å²) in [5.41, 5.74) is 9.25. The molecule has 0 saturated carbocycles. The van der Waals surface area contributed by atoms with E-state index >= 15 is 0 Å². The number of nitrogens with zero attached hydrogens (tertiary/aromatic N) is 1. The SMILES string of the molecule is CN(C)c1ccc(C2(C)CNNC2)cc1. The minimum Gasteiger partial charge on any atom is -0.378 e. The molecule has 0 atom stereocenters. The van der Waals surface area contributed by atoms with E-state index in [4.69, 9.17) is 0 Å². The minimum atomic E-state index is 0.227. The summed E-state index contributed by atoms with van der Waals surface area (Å²) in [5.74, 6) is 0. The highest BCUT2D eigenvalue weighted by molar-refractivity contribution is 5.47. The van der Waals surface area contributed by atoms with Crippen LogP contribution in [0.2, 0.25) is 0 Å². The lowest BCUT2D eigenvalue weighted by molar-refractivity contribution is 0.553. The molecule has 1 heterocycles. The molecule has 1 fully saturated rings. The van der Waals surface area contributed by atoms with Crippen LogP contribution in [0.1, 0.15) is 12.5 Å². The van der Waals surface area contributed by atoms with Gasteiger partial charge in [-0.1, -0.05) is 19.1 Å². The maximum Gasteiger partial charge on any atom is 0.0361 e. The molecule has 0 aromatic heterocycles. The Kier molecular flexibility index (Phi) is 2.67. The molecule has 1 aromatic carbocycles. The van der Waals surface area contributed by atoms with Crippen LogP contribution in [0.3, 0.4) is 0 Å². The largest absolute Gasteiger partial charge is 0.378 e. The number of hydrogen-bond donors (Lipinski definition) is 2. The molecule has 0 aliphatic carbocycles. The second-order valence-corrected chi connectivity index (χ2v) is 4.71. The number of benzene rings is 1. The normalized spacial score (nSPS) is 19.1. The summed E-state index contributed by atoms with van der Waals surface area (Å²) in [6.45, 7) is 4.27. The van der Waals surface area contributed by atoms with Gasteiger partial charge in [-0.15, -0.1) is 0 Å². The molecule has 3 heteroatoms. The van der Waals surface area contributed by atoms with Crippen LogP contribution in [0, 0.1) is 0 Å². The quantitative estimate of drug-likeness (QED) is 0.757. The first kappa shape index (κ1) is 10.5. The van der Waals surface area contributed by atoms with Gasteiger partial charge in [-0.05, 0) is 17.7 Å². The molecule has 0 spiro atoms. The van der Waals surface area contributed by atoms with Crippen molar-refractivity contribution in [1.82, 2.24) is 10.9 Å². The Morgan fingerprint density at radius 1 is 1.07 bits per heavy atom. The van der Waals surface area contributed by atoms with Crippen molar-refractivity contribution in [1.29, 1.82) is 0 Å². The van der Waals surface area contributed by atoms with Gasteiger partial charge in [0.25, 0.3) is 0 Å². The zero-order valence-corrected chi connectivity index (χ0v) is 9.67. The van der Waals surface area contributed by atoms with Crippen LogP contribution in [0.5, 0.6) is 0 Å². The molecular formula is C12H19N3. The van der Waals surface area contributed by atoms with Crippen LogP contribution in [0.15, 0.2) is 24.3 Å². The Balaban J connectivity index is 2.23. The van der Waals surface area contributed by atoms with E-state index in [9.17, 15) is 0 Å². The van der Waals surface area contributed by atoms with Crippen LogP contribution in [-0.2, 0) is 5.41 Å². The Labute approximate surface area is 91.4 Å². The number of nitrogens with one attached hydrogen (secondary N) is 2. The Morgan fingerprint density at radius 2 is 1.60 bits per heavy atom. The fourth-order valence-corrected chi connectivity index (χ4v) is 1.94. The van der Waals surface area contributed by atoms with E-state index in [2.05, 4.69) is 61.0 Å². The van der Waals surface area contributed by atoms with E-state index < -0.39 is 0 Å². The zero-order chi connectivity index (χ0) is 10.9. The summed E-state index contributed by atoms with van der Waals surface area (Å²) in [6.07, 6.45) is 0. The Bertz CT molecular complexity index is 323. The number of anilines is 1. The van der Waals surface area contributed by atoms with Gasteiger partial charge in [0, 0.05) is 38.3 Å². The van der Waals surface area contributed by atoms with E-state index in [-0.39, 0.29) is 5.41 Å². The molecule has 1 saturated heterocycles. The molecule has 1 aliphatic rings. The van der Waals surface area contributed by atoms with Gasteiger partial charge in [-0.25, -0.2) is 0 Å². The molecule has 2 N–H and O–H groups in total. The maximum atomic E-state index is 3.19. The first-order chi connectivity index (χ1) is 7.12. The molecule has 82 valence electrons. The third-order valence-electron chi connectivity index (χ3n) is 3.16. The summed E-state index contributed by atoms with van der Waals surface area (Å²) in [7, 11) is 4.13. The lowest BCUT2D eigenvalue weighted by Crippen LogP contribution is -2.27. The first-order valence-corrected chi connectivity index (χ1v) is 5.35. The van der Waals surface area contributed by atoms with Crippen LogP contribution in [-0.4, -0.2) is 27.2 Å². The lowest BCUT2D eigenvalue weighted by Gasteiger charge is -2.23. The van der Waals surface area contributed by atoms with Gasteiger partial charge in [0.15, 0.2) is 0 Å². The van der Waals surface area contributed by atoms with Crippen molar-refractivity contribution >= 4 is 5.69 Å². The first-order valence-electron chi connectivity index (χ1n) is 5.35. The zero-order valence-electron chi connectivity index (χ0n) is 9.67. The standard InChI is InChI=1S/C12H19N3/c1-12(8-13-14-9-12)10-4-6-11(7-5-10)15(2)3/h4-7,13-14H,8-9H2,1-3H3. The molecule has 2 rings (SSSR count). The molecule has 1 aromatic rings. The number of rotatable bonds is 2. The molecule has 0 unspecified atom stereocenters. The summed E-state index contributed by atoms with van der Waals surface area (Å²) in [6, 6.07) is 8.81. The fourth-order valence-electron chi connectivity index (χ4n) is 1.94. The van der Waals surface area contributed by atoms with E-state index in [1.54, 1.807) is 0 Å². The van der Waals surface area contributed by atoms with Crippen LogP contribution in [0.25, 0.3) is 0 Å². The third kappa shape index (κ3) is 1.98. The van der Waals surface area contributed by atoms with Gasteiger partial charge in [-0.2, -0.15) is 0 Å².